The maximum absolute atomic E-state index is 11.2. The van der Waals surface area contributed by atoms with Crippen LogP contribution in [0.4, 0.5) is 5.69 Å². The van der Waals surface area contributed by atoms with E-state index in [1.165, 1.54) is 0 Å². The van der Waals surface area contributed by atoms with Gasteiger partial charge >= 0.3 is 5.97 Å². The van der Waals surface area contributed by atoms with Crippen molar-refractivity contribution in [2.75, 3.05) is 18.0 Å². The van der Waals surface area contributed by atoms with Gasteiger partial charge in [0.25, 0.3) is 0 Å². The number of pyridine rings is 1. The third-order valence-electron chi connectivity index (χ3n) is 3.79. The highest BCUT2D eigenvalue weighted by Crippen LogP contribution is 2.30. The lowest BCUT2D eigenvalue weighted by Crippen LogP contribution is -2.38. The molecule has 1 saturated heterocycles. The Hall–Kier alpha value is -1.62. The van der Waals surface area contributed by atoms with Crippen LogP contribution in [0.5, 0.6) is 0 Å². The molecule has 1 unspecified atom stereocenters. The molecule has 0 bridgehead atoms. The molecule has 3 rings (SSSR count). The largest absolute Gasteiger partial charge is 0.481 e. The van der Waals surface area contributed by atoms with Crippen LogP contribution in [0.2, 0.25) is 0 Å². The fraction of sp³-hybridized carbons (Fsp3) is 0.333. The maximum atomic E-state index is 11.2. The van der Waals surface area contributed by atoms with Crippen molar-refractivity contribution >= 4 is 38.5 Å². The number of piperidine rings is 1. The Balaban J connectivity index is 1.99. The van der Waals surface area contributed by atoms with E-state index in [0.717, 1.165) is 40.4 Å². The lowest BCUT2D eigenvalue weighted by molar-refractivity contribution is -0.141. The predicted octanol–water partition coefficient (Wildman–Crippen LogP) is 3.30. The normalized spacial score (nSPS) is 19.2. The minimum atomic E-state index is -0.698. The van der Waals surface area contributed by atoms with Gasteiger partial charge in [0.05, 0.1) is 11.4 Å². The molecule has 104 valence electrons. The number of nitrogens with zero attached hydrogens (tertiary/aromatic N) is 2. The summed E-state index contributed by atoms with van der Waals surface area (Å²) in [6.45, 7) is 1.48. The van der Waals surface area contributed by atoms with E-state index in [4.69, 9.17) is 0 Å². The average Bonchev–Trinajstić information content (AvgIpc) is 2.46. The number of fused-ring (bicyclic) bond motifs is 1. The molecular formula is C15H15BrN2O2. The van der Waals surface area contributed by atoms with E-state index in [1.807, 2.05) is 24.3 Å². The van der Waals surface area contributed by atoms with Gasteiger partial charge in [-0.2, -0.15) is 0 Å². The second-order valence-corrected chi connectivity index (χ2v) is 6.03. The molecule has 2 heterocycles. The Morgan fingerprint density at radius 2 is 2.25 bits per heavy atom. The Bertz CT molecular complexity index is 659. The number of aromatic nitrogens is 1. The monoisotopic (exact) mass is 334 g/mol. The number of benzene rings is 1. The number of hydrogen-bond acceptors (Lipinski definition) is 3. The third kappa shape index (κ3) is 2.50. The van der Waals surface area contributed by atoms with Crippen molar-refractivity contribution in [3.05, 3.63) is 34.9 Å². The van der Waals surface area contributed by atoms with Crippen LogP contribution in [0, 0.1) is 5.92 Å². The summed E-state index contributed by atoms with van der Waals surface area (Å²) < 4.78 is 0.997. The summed E-state index contributed by atoms with van der Waals surface area (Å²) in [5.41, 5.74) is 2.00. The van der Waals surface area contributed by atoms with Crippen LogP contribution in [0.15, 0.2) is 34.9 Å². The summed E-state index contributed by atoms with van der Waals surface area (Å²) in [7, 11) is 0. The van der Waals surface area contributed by atoms with Gasteiger partial charge in [-0.25, -0.2) is 0 Å². The maximum Gasteiger partial charge on any atom is 0.308 e. The highest BCUT2D eigenvalue weighted by Gasteiger charge is 2.26. The number of hydrogen-bond donors (Lipinski definition) is 1. The molecule has 0 radical (unpaired) electrons. The number of carboxylic acid groups (broad SMARTS) is 1. The van der Waals surface area contributed by atoms with Gasteiger partial charge in [-0.15, -0.1) is 0 Å². The lowest BCUT2D eigenvalue weighted by atomic mass is 9.97. The van der Waals surface area contributed by atoms with E-state index < -0.39 is 5.97 Å². The van der Waals surface area contributed by atoms with E-state index >= 15 is 0 Å². The van der Waals surface area contributed by atoms with Crippen LogP contribution < -0.4 is 4.90 Å². The van der Waals surface area contributed by atoms with Crippen LogP contribution in [0.1, 0.15) is 12.8 Å². The van der Waals surface area contributed by atoms with Crippen LogP contribution in [0.3, 0.4) is 0 Å². The molecule has 2 aromatic rings. The highest BCUT2D eigenvalue weighted by atomic mass is 79.9. The molecule has 1 atom stereocenters. The standard InChI is InChI=1S/C15H15BrN2O2/c16-11-3-4-12-13(8-11)17-6-5-14(12)18-7-1-2-10(9-18)15(19)20/h3-6,8,10H,1-2,7,9H2,(H,19,20). The number of halogens is 1. The Labute approximate surface area is 125 Å². The van der Waals surface area contributed by atoms with Crippen LogP contribution in [0.25, 0.3) is 10.9 Å². The molecule has 1 N–H and O–H groups in total. The van der Waals surface area contributed by atoms with E-state index in [1.54, 1.807) is 6.20 Å². The molecule has 0 aliphatic carbocycles. The molecule has 1 fully saturated rings. The van der Waals surface area contributed by atoms with Crippen molar-refractivity contribution < 1.29 is 9.90 Å². The van der Waals surface area contributed by atoms with Gasteiger partial charge in [0, 0.05) is 34.8 Å². The minimum absolute atomic E-state index is 0.276. The van der Waals surface area contributed by atoms with Gasteiger partial charge in [0.15, 0.2) is 0 Å². The molecule has 0 amide bonds. The highest BCUT2D eigenvalue weighted by molar-refractivity contribution is 9.10. The second kappa shape index (κ2) is 5.40. The molecular weight excluding hydrogens is 320 g/mol. The second-order valence-electron chi connectivity index (χ2n) is 5.11. The van der Waals surface area contributed by atoms with Crippen molar-refractivity contribution in [3.8, 4) is 0 Å². The first-order chi connectivity index (χ1) is 9.65. The van der Waals surface area contributed by atoms with E-state index in [0.29, 0.717) is 6.54 Å². The first-order valence-electron chi connectivity index (χ1n) is 6.67. The summed E-state index contributed by atoms with van der Waals surface area (Å²) in [6.07, 6.45) is 3.46. The zero-order valence-electron chi connectivity index (χ0n) is 10.9. The molecule has 1 aliphatic heterocycles. The van der Waals surface area contributed by atoms with Crippen molar-refractivity contribution in [2.24, 2.45) is 5.92 Å². The molecule has 5 heteroatoms. The number of carboxylic acids is 1. The zero-order chi connectivity index (χ0) is 14.1. The van der Waals surface area contributed by atoms with Gasteiger partial charge in [-0.3, -0.25) is 9.78 Å². The Morgan fingerprint density at radius 1 is 1.40 bits per heavy atom. The van der Waals surface area contributed by atoms with Gasteiger partial charge in [-0.05, 0) is 37.1 Å². The molecule has 1 aromatic heterocycles. The topological polar surface area (TPSA) is 53.4 Å². The summed E-state index contributed by atoms with van der Waals surface area (Å²) in [6, 6.07) is 7.98. The summed E-state index contributed by atoms with van der Waals surface area (Å²) in [5.74, 6) is -0.974. The van der Waals surface area contributed by atoms with Crippen molar-refractivity contribution in [1.82, 2.24) is 4.98 Å². The zero-order valence-corrected chi connectivity index (χ0v) is 12.5. The molecule has 20 heavy (non-hydrogen) atoms. The van der Waals surface area contributed by atoms with E-state index in [-0.39, 0.29) is 5.92 Å². The lowest BCUT2D eigenvalue weighted by Gasteiger charge is -2.33. The first kappa shape index (κ1) is 13.4. The van der Waals surface area contributed by atoms with Gasteiger partial charge in [0.1, 0.15) is 0 Å². The van der Waals surface area contributed by atoms with E-state index in [2.05, 4.69) is 25.8 Å². The fourth-order valence-corrected chi connectivity index (χ4v) is 3.13. The average molecular weight is 335 g/mol. The number of aliphatic carboxylic acids is 1. The van der Waals surface area contributed by atoms with Gasteiger partial charge in [-0.1, -0.05) is 15.9 Å². The summed E-state index contributed by atoms with van der Waals surface area (Å²) in [5, 5.41) is 10.3. The first-order valence-corrected chi connectivity index (χ1v) is 7.46. The van der Waals surface area contributed by atoms with Gasteiger partial charge < -0.3 is 10.0 Å². The summed E-state index contributed by atoms with van der Waals surface area (Å²) >= 11 is 3.45. The van der Waals surface area contributed by atoms with Crippen molar-refractivity contribution in [3.63, 3.8) is 0 Å². The van der Waals surface area contributed by atoms with E-state index in [9.17, 15) is 9.90 Å². The number of rotatable bonds is 2. The Kier molecular flexibility index (Phi) is 3.61. The molecule has 0 spiro atoms. The minimum Gasteiger partial charge on any atom is -0.481 e. The van der Waals surface area contributed by atoms with Crippen LogP contribution in [-0.2, 0) is 4.79 Å². The quantitative estimate of drug-likeness (QED) is 0.915. The van der Waals surface area contributed by atoms with Crippen molar-refractivity contribution in [1.29, 1.82) is 0 Å². The Morgan fingerprint density at radius 3 is 3.05 bits per heavy atom. The third-order valence-corrected chi connectivity index (χ3v) is 4.29. The van der Waals surface area contributed by atoms with Crippen LogP contribution in [-0.4, -0.2) is 29.1 Å². The van der Waals surface area contributed by atoms with Crippen molar-refractivity contribution in [2.45, 2.75) is 12.8 Å². The summed E-state index contributed by atoms with van der Waals surface area (Å²) in [4.78, 5) is 17.7. The molecule has 0 saturated carbocycles. The van der Waals surface area contributed by atoms with Crippen LogP contribution >= 0.6 is 15.9 Å². The predicted molar refractivity (Wildman–Crippen MR) is 82.0 cm³/mol. The number of anilines is 1. The smallest absolute Gasteiger partial charge is 0.308 e. The number of carbonyl (C=O) groups is 1. The molecule has 4 nitrogen and oxygen atoms in total. The van der Waals surface area contributed by atoms with Gasteiger partial charge in [0.2, 0.25) is 0 Å². The SMILES string of the molecule is O=C(O)C1CCCN(c2ccnc3cc(Br)ccc23)C1. The molecule has 1 aliphatic rings. The fourth-order valence-electron chi connectivity index (χ4n) is 2.78. The molecule has 1 aromatic carbocycles.